The summed E-state index contributed by atoms with van der Waals surface area (Å²) in [6.45, 7) is 3.54. The highest BCUT2D eigenvalue weighted by molar-refractivity contribution is 7.20. The van der Waals surface area contributed by atoms with Crippen LogP contribution < -0.4 is 10.6 Å². The van der Waals surface area contributed by atoms with Gasteiger partial charge in [0.05, 0.1) is 27.0 Å². The Morgan fingerprint density at radius 3 is 2.30 bits per heavy atom. The largest absolute Gasteiger partial charge is 0.416 e. The molecule has 2 aromatic carbocycles. The van der Waals surface area contributed by atoms with Gasteiger partial charge in [-0.15, -0.1) is 0 Å². The van der Waals surface area contributed by atoms with Crippen LogP contribution in [0.4, 0.5) is 34.7 Å². The summed E-state index contributed by atoms with van der Waals surface area (Å²) >= 11 is 14.1. The van der Waals surface area contributed by atoms with Gasteiger partial charge in [-0.3, -0.25) is 4.90 Å². The van der Waals surface area contributed by atoms with Crippen LogP contribution >= 0.6 is 34.5 Å². The van der Waals surface area contributed by atoms with E-state index in [9.17, 15) is 13.2 Å². The number of hydrogen-bond acceptors (Lipinski definition) is 7. The standard InChI is InChI=1S/C24H24Cl2F3N7S/c1-34-10-12-36(13-11-34)23-33-21-19(32-22(37-21)31-18-16(25)4-3-5-17(18)26)20(35(23)2)30-15-8-6-14(7-9-15)24(27,28)29/h3-9,23,33H,10-13H2,1-2H3,(H,31,32). The fourth-order valence-corrected chi connectivity index (χ4v) is 5.60. The summed E-state index contributed by atoms with van der Waals surface area (Å²) in [6, 6.07) is 10.0. The smallest absolute Gasteiger partial charge is 0.342 e. The van der Waals surface area contributed by atoms with Gasteiger partial charge >= 0.3 is 6.18 Å². The maximum atomic E-state index is 13.1. The monoisotopic (exact) mass is 569 g/mol. The van der Waals surface area contributed by atoms with Crippen LogP contribution in [0.5, 0.6) is 0 Å². The Bertz CT molecular complexity index is 1280. The van der Waals surface area contributed by atoms with E-state index in [1.165, 1.54) is 23.5 Å². The van der Waals surface area contributed by atoms with E-state index >= 15 is 0 Å². The van der Waals surface area contributed by atoms with Crippen LogP contribution in [0.15, 0.2) is 47.5 Å². The average Bonchev–Trinajstić information content (AvgIpc) is 3.26. The van der Waals surface area contributed by atoms with E-state index < -0.39 is 11.7 Å². The maximum absolute atomic E-state index is 13.1. The number of aliphatic imine (C=N–C) groups is 1. The zero-order valence-corrected chi connectivity index (χ0v) is 22.3. The topological polar surface area (TPSA) is 59.0 Å². The molecule has 0 radical (unpaired) electrons. The number of hydrogen-bond donors (Lipinski definition) is 2. The number of aromatic nitrogens is 1. The van der Waals surface area contributed by atoms with E-state index in [0.717, 1.165) is 43.3 Å². The SMILES string of the molecule is CN1CCN(C2Nc3sc(Nc4c(Cl)cccc4Cl)nc3C(=Nc3ccc(C(F)(F)F)cc3)N2C)CC1. The van der Waals surface area contributed by atoms with Gasteiger partial charge in [-0.2, -0.15) is 13.2 Å². The molecule has 13 heteroatoms. The number of halogens is 5. The van der Waals surface area contributed by atoms with Crippen molar-refractivity contribution in [2.24, 2.45) is 4.99 Å². The molecule has 2 aliphatic rings. The van der Waals surface area contributed by atoms with Gasteiger partial charge in [-0.25, -0.2) is 9.98 Å². The first-order valence-corrected chi connectivity index (χ1v) is 13.1. The molecular weight excluding hydrogens is 546 g/mol. The molecule has 2 aliphatic heterocycles. The van der Waals surface area contributed by atoms with Crippen molar-refractivity contribution >= 4 is 61.9 Å². The third-order valence-electron chi connectivity index (χ3n) is 6.31. The van der Waals surface area contributed by atoms with Crippen molar-refractivity contribution < 1.29 is 13.2 Å². The molecule has 1 fully saturated rings. The van der Waals surface area contributed by atoms with Crippen molar-refractivity contribution in [3.05, 3.63) is 63.8 Å². The van der Waals surface area contributed by atoms with Crippen LogP contribution in [0.3, 0.4) is 0 Å². The van der Waals surface area contributed by atoms with Crippen LogP contribution in [0, 0.1) is 0 Å². The normalized spacial score (nSPS) is 20.1. The van der Waals surface area contributed by atoms with Crippen molar-refractivity contribution in [1.82, 2.24) is 19.7 Å². The molecule has 5 rings (SSSR count). The first-order valence-electron chi connectivity index (χ1n) is 11.5. The molecule has 3 heterocycles. The first-order chi connectivity index (χ1) is 17.6. The molecule has 7 nitrogen and oxygen atoms in total. The summed E-state index contributed by atoms with van der Waals surface area (Å²) < 4.78 is 39.2. The fourth-order valence-electron chi connectivity index (χ4n) is 4.23. The highest BCUT2D eigenvalue weighted by Crippen LogP contribution is 2.39. The lowest BCUT2D eigenvalue weighted by Gasteiger charge is -2.44. The van der Waals surface area contributed by atoms with Crippen molar-refractivity contribution in [3.63, 3.8) is 0 Å². The van der Waals surface area contributed by atoms with E-state index in [4.69, 9.17) is 33.2 Å². The number of anilines is 3. The zero-order valence-electron chi connectivity index (χ0n) is 20.0. The number of amidine groups is 1. The molecule has 3 aromatic rings. The molecule has 1 aromatic heterocycles. The minimum absolute atomic E-state index is 0.202. The molecule has 2 N–H and O–H groups in total. The second-order valence-corrected chi connectivity index (χ2v) is 10.7. The highest BCUT2D eigenvalue weighted by atomic mass is 35.5. The number of likely N-dealkylation sites (N-methyl/N-ethyl adjacent to an activating group) is 1. The Morgan fingerprint density at radius 2 is 1.68 bits per heavy atom. The molecule has 37 heavy (non-hydrogen) atoms. The van der Waals surface area contributed by atoms with Gasteiger partial charge in [0.15, 0.2) is 17.3 Å². The van der Waals surface area contributed by atoms with E-state index in [1.807, 2.05) is 11.9 Å². The van der Waals surface area contributed by atoms with Crippen molar-refractivity contribution in [2.75, 3.05) is 50.9 Å². The van der Waals surface area contributed by atoms with E-state index in [0.29, 0.717) is 38.1 Å². The first kappa shape index (κ1) is 26.1. The van der Waals surface area contributed by atoms with Crippen LogP contribution in [-0.4, -0.2) is 72.1 Å². The van der Waals surface area contributed by atoms with Crippen LogP contribution in [0.2, 0.25) is 10.0 Å². The van der Waals surface area contributed by atoms with Crippen molar-refractivity contribution in [1.29, 1.82) is 0 Å². The van der Waals surface area contributed by atoms with Crippen LogP contribution in [0.1, 0.15) is 11.3 Å². The Hall–Kier alpha value is -2.57. The summed E-state index contributed by atoms with van der Waals surface area (Å²) in [4.78, 5) is 16.0. The number of piperazine rings is 1. The number of thiazole rings is 1. The molecule has 196 valence electrons. The van der Waals surface area contributed by atoms with Gasteiger partial charge < -0.3 is 20.4 Å². The number of nitrogens with zero attached hydrogens (tertiary/aromatic N) is 5. The van der Waals surface area contributed by atoms with Crippen molar-refractivity contribution in [2.45, 2.75) is 12.5 Å². The van der Waals surface area contributed by atoms with Crippen LogP contribution in [-0.2, 0) is 6.18 Å². The van der Waals surface area contributed by atoms with Gasteiger partial charge in [0.2, 0.25) is 0 Å². The minimum atomic E-state index is -4.41. The molecule has 0 spiro atoms. The van der Waals surface area contributed by atoms with Gasteiger partial charge in [-0.1, -0.05) is 40.6 Å². The highest BCUT2D eigenvalue weighted by Gasteiger charge is 2.36. The predicted octanol–water partition coefficient (Wildman–Crippen LogP) is 6.18. The second-order valence-electron chi connectivity index (χ2n) is 8.87. The molecular formula is C24H24Cl2F3N7S. The van der Waals surface area contributed by atoms with Gasteiger partial charge in [-0.05, 0) is 43.4 Å². The summed E-state index contributed by atoms with van der Waals surface area (Å²) in [5, 5.41) is 9.03. The van der Waals surface area contributed by atoms with Gasteiger partial charge in [0.1, 0.15) is 10.7 Å². The van der Waals surface area contributed by atoms with Gasteiger partial charge in [0, 0.05) is 33.2 Å². The molecule has 0 bridgehead atoms. The van der Waals surface area contributed by atoms with Gasteiger partial charge in [0.25, 0.3) is 0 Å². The number of nitrogens with one attached hydrogen (secondary N) is 2. The predicted molar refractivity (Wildman–Crippen MR) is 144 cm³/mol. The van der Waals surface area contributed by atoms with Crippen molar-refractivity contribution in [3.8, 4) is 0 Å². The number of benzene rings is 2. The molecule has 0 aliphatic carbocycles. The lowest BCUT2D eigenvalue weighted by atomic mass is 10.2. The lowest BCUT2D eigenvalue weighted by molar-refractivity contribution is -0.137. The summed E-state index contributed by atoms with van der Waals surface area (Å²) in [7, 11) is 3.99. The third-order valence-corrected chi connectivity index (χ3v) is 7.84. The maximum Gasteiger partial charge on any atom is 0.416 e. The minimum Gasteiger partial charge on any atom is -0.342 e. The Balaban J connectivity index is 1.52. The Kier molecular flexibility index (Phi) is 7.25. The molecule has 1 unspecified atom stereocenters. The Morgan fingerprint density at radius 1 is 1.03 bits per heavy atom. The lowest BCUT2D eigenvalue weighted by Crippen LogP contribution is -2.60. The van der Waals surface area contributed by atoms with E-state index in [2.05, 4.69) is 27.5 Å². The fraction of sp³-hybridized carbons (Fsp3) is 0.333. The van der Waals surface area contributed by atoms with Crippen LogP contribution in [0.25, 0.3) is 0 Å². The quantitative estimate of drug-likeness (QED) is 0.391. The van der Waals surface area contributed by atoms with E-state index in [1.54, 1.807) is 18.2 Å². The number of fused-ring (bicyclic) bond motifs is 1. The molecule has 0 saturated carbocycles. The zero-order chi connectivity index (χ0) is 26.3. The number of rotatable bonds is 4. The Labute approximate surface area is 226 Å². The average molecular weight is 570 g/mol. The number of para-hydroxylation sites is 1. The third kappa shape index (κ3) is 5.51. The summed E-state index contributed by atoms with van der Waals surface area (Å²) in [5.41, 5.74) is 0.810. The number of alkyl halides is 3. The summed E-state index contributed by atoms with van der Waals surface area (Å²) in [6.07, 6.45) is -4.61. The molecule has 0 amide bonds. The molecule has 1 atom stereocenters. The molecule has 1 saturated heterocycles. The second kappa shape index (κ2) is 10.3. The summed E-state index contributed by atoms with van der Waals surface area (Å²) in [5.74, 6) is 0.548. The van der Waals surface area contributed by atoms with E-state index in [-0.39, 0.29) is 6.29 Å².